The molecule has 0 fully saturated rings. The van der Waals surface area contributed by atoms with Gasteiger partial charge in [-0.15, -0.1) is 10.2 Å². The van der Waals surface area contributed by atoms with Crippen LogP contribution in [-0.2, 0) is 16.1 Å². The third-order valence-corrected chi connectivity index (χ3v) is 3.90. The predicted octanol–water partition coefficient (Wildman–Crippen LogP) is 0.328. The number of rotatable bonds is 4. The Labute approximate surface area is 159 Å². The van der Waals surface area contributed by atoms with E-state index in [0.29, 0.717) is 17.3 Å². The van der Waals surface area contributed by atoms with Gasteiger partial charge in [0.2, 0.25) is 11.9 Å². The van der Waals surface area contributed by atoms with Crippen molar-refractivity contribution in [1.82, 2.24) is 31.1 Å². The number of carbonyl (C=O) groups excluding carboxylic acids is 2. The zero-order valence-corrected chi connectivity index (χ0v) is 14.6. The van der Waals surface area contributed by atoms with Gasteiger partial charge in [-0.05, 0) is 17.3 Å². The summed E-state index contributed by atoms with van der Waals surface area (Å²) in [6.45, 7) is -0.158. The lowest BCUT2D eigenvalue weighted by atomic mass is 10.2. The minimum absolute atomic E-state index is 0.0454. The first-order valence-electron chi connectivity index (χ1n) is 8.49. The number of nitrogens with zero attached hydrogens (tertiary/aromatic N) is 4. The second kappa shape index (κ2) is 7.74. The van der Waals surface area contributed by atoms with Gasteiger partial charge < -0.3 is 9.47 Å². The summed E-state index contributed by atoms with van der Waals surface area (Å²) in [4.78, 5) is 25.3. The monoisotopic (exact) mass is 380 g/mol. The number of ether oxygens (including phenoxy) is 2. The van der Waals surface area contributed by atoms with Crippen molar-refractivity contribution in [2.45, 2.75) is 12.6 Å². The fourth-order valence-corrected chi connectivity index (χ4v) is 2.54. The van der Waals surface area contributed by atoms with Gasteiger partial charge in [0.1, 0.15) is 13.2 Å². The molecule has 0 bridgehead atoms. The molecular formula is C18H16N6O4. The number of nitrogens with one attached hydrogen (secondary N) is 2. The van der Waals surface area contributed by atoms with Crippen LogP contribution in [0.3, 0.4) is 0 Å². The van der Waals surface area contributed by atoms with Gasteiger partial charge in [0, 0.05) is 5.56 Å². The van der Waals surface area contributed by atoms with E-state index >= 15 is 0 Å². The molecule has 10 heteroatoms. The summed E-state index contributed by atoms with van der Waals surface area (Å²) in [5, 5.41) is 11.9. The normalized spacial score (nSPS) is 14.9. The Morgan fingerprint density at radius 1 is 1.04 bits per heavy atom. The molecule has 1 atom stereocenters. The van der Waals surface area contributed by atoms with E-state index in [1.165, 1.54) is 0 Å². The fraction of sp³-hybridized carbons (Fsp3) is 0.167. The lowest BCUT2D eigenvalue weighted by Crippen LogP contribution is -2.51. The van der Waals surface area contributed by atoms with Crippen LogP contribution < -0.4 is 20.3 Å². The Morgan fingerprint density at radius 2 is 1.79 bits per heavy atom. The molecule has 142 valence electrons. The molecule has 0 unspecified atom stereocenters. The van der Waals surface area contributed by atoms with Crippen LogP contribution in [0.4, 0.5) is 0 Å². The Morgan fingerprint density at radius 3 is 2.61 bits per heavy atom. The summed E-state index contributed by atoms with van der Waals surface area (Å²) in [7, 11) is 0. The topological polar surface area (TPSA) is 120 Å². The molecule has 1 aliphatic heterocycles. The number of benzene rings is 2. The zero-order valence-electron chi connectivity index (χ0n) is 14.6. The van der Waals surface area contributed by atoms with Gasteiger partial charge in [-0.25, -0.2) is 0 Å². The van der Waals surface area contributed by atoms with Gasteiger partial charge in [-0.3, -0.25) is 20.4 Å². The molecule has 0 spiro atoms. The number of carbonyl (C=O) groups is 2. The molecule has 10 nitrogen and oxygen atoms in total. The van der Waals surface area contributed by atoms with Crippen LogP contribution >= 0.6 is 0 Å². The van der Waals surface area contributed by atoms with Crippen molar-refractivity contribution in [2.75, 3.05) is 6.61 Å². The van der Waals surface area contributed by atoms with E-state index in [9.17, 15) is 9.59 Å². The van der Waals surface area contributed by atoms with E-state index in [4.69, 9.17) is 9.47 Å². The molecule has 4 rings (SSSR count). The molecule has 1 aromatic heterocycles. The number of hydrogen-bond donors (Lipinski definition) is 2. The predicted molar refractivity (Wildman–Crippen MR) is 95.9 cm³/mol. The van der Waals surface area contributed by atoms with E-state index in [1.807, 2.05) is 36.4 Å². The van der Waals surface area contributed by atoms with Gasteiger partial charge in [-0.2, -0.15) is 4.80 Å². The van der Waals surface area contributed by atoms with Crippen molar-refractivity contribution < 1.29 is 19.1 Å². The van der Waals surface area contributed by atoms with Crippen molar-refractivity contribution >= 4 is 11.8 Å². The summed E-state index contributed by atoms with van der Waals surface area (Å²) in [6, 6.07) is 16.3. The average molecular weight is 380 g/mol. The summed E-state index contributed by atoms with van der Waals surface area (Å²) >= 11 is 0. The van der Waals surface area contributed by atoms with Crippen molar-refractivity contribution in [2.24, 2.45) is 0 Å². The van der Waals surface area contributed by atoms with Crippen molar-refractivity contribution in [3.05, 3.63) is 54.6 Å². The van der Waals surface area contributed by atoms with E-state index in [-0.39, 0.29) is 13.2 Å². The zero-order chi connectivity index (χ0) is 19.3. The van der Waals surface area contributed by atoms with Crippen LogP contribution in [0.1, 0.15) is 0 Å². The largest absolute Gasteiger partial charge is 0.485 e. The third kappa shape index (κ3) is 3.90. The van der Waals surface area contributed by atoms with Gasteiger partial charge in [0.25, 0.3) is 11.8 Å². The number of fused-ring (bicyclic) bond motifs is 1. The minimum atomic E-state index is -0.871. The first kappa shape index (κ1) is 17.5. The quantitative estimate of drug-likeness (QED) is 0.626. The van der Waals surface area contributed by atoms with Crippen molar-refractivity contribution in [3.63, 3.8) is 0 Å². The van der Waals surface area contributed by atoms with Crippen LogP contribution in [0.2, 0.25) is 0 Å². The van der Waals surface area contributed by atoms with Gasteiger partial charge in [0.05, 0.1) is 0 Å². The fourth-order valence-electron chi connectivity index (χ4n) is 2.54. The first-order valence-corrected chi connectivity index (χ1v) is 8.49. The molecule has 0 aliphatic carbocycles. The Balaban J connectivity index is 1.28. The lowest BCUT2D eigenvalue weighted by molar-refractivity contribution is -0.135. The molecule has 2 amide bonds. The van der Waals surface area contributed by atoms with Crippen LogP contribution in [-0.4, -0.2) is 44.7 Å². The number of hydrogen-bond acceptors (Lipinski definition) is 7. The number of tetrazole rings is 1. The second-order valence-corrected chi connectivity index (χ2v) is 5.91. The molecular weight excluding hydrogens is 364 g/mol. The average Bonchev–Trinajstić information content (AvgIpc) is 3.20. The van der Waals surface area contributed by atoms with Gasteiger partial charge >= 0.3 is 0 Å². The highest BCUT2D eigenvalue weighted by Gasteiger charge is 2.27. The van der Waals surface area contributed by atoms with E-state index in [2.05, 4.69) is 26.3 Å². The molecule has 0 saturated carbocycles. The van der Waals surface area contributed by atoms with Crippen LogP contribution in [0.5, 0.6) is 11.5 Å². The van der Waals surface area contributed by atoms with E-state index in [1.54, 1.807) is 18.2 Å². The maximum atomic E-state index is 12.2. The molecule has 2 heterocycles. The highest BCUT2D eigenvalue weighted by Crippen LogP contribution is 2.30. The van der Waals surface area contributed by atoms with Crippen molar-refractivity contribution in [3.8, 4) is 22.9 Å². The Kier molecular flexibility index (Phi) is 4.83. The standard InChI is InChI=1S/C18H16N6O4/c25-16(10-24-22-17(20-23-24)12-6-2-1-3-7-12)19-21-18(26)15-11-27-13-8-4-5-9-14(13)28-15/h1-9,15H,10-11H2,(H,19,25)(H,21,26)/t15-/m1/s1. The Hall–Kier alpha value is -3.95. The summed E-state index contributed by atoms with van der Waals surface area (Å²) in [6.07, 6.45) is -0.871. The maximum Gasteiger partial charge on any atom is 0.283 e. The Bertz CT molecular complexity index is 991. The number of para-hydroxylation sites is 2. The highest BCUT2D eigenvalue weighted by molar-refractivity contribution is 5.85. The van der Waals surface area contributed by atoms with E-state index in [0.717, 1.165) is 10.4 Å². The second-order valence-electron chi connectivity index (χ2n) is 5.91. The molecule has 2 N–H and O–H groups in total. The van der Waals surface area contributed by atoms with Crippen LogP contribution in [0.25, 0.3) is 11.4 Å². The highest BCUT2D eigenvalue weighted by atomic mass is 16.6. The number of hydrazine groups is 1. The van der Waals surface area contributed by atoms with Gasteiger partial charge in [-0.1, -0.05) is 42.5 Å². The number of amides is 2. The molecule has 3 aromatic rings. The van der Waals surface area contributed by atoms with Crippen LogP contribution in [0, 0.1) is 0 Å². The summed E-state index contributed by atoms with van der Waals surface area (Å²) in [5.74, 6) is 0.410. The summed E-state index contributed by atoms with van der Waals surface area (Å²) in [5.41, 5.74) is 5.40. The SMILES string of the molecule is O=C(Cn1nnc(-c2ccccc2)n1)NNC(=O)[C@H]1COc2ccccc2O1. The van der Waals surface area contributed by atoms with E-state index < -0.39 is 17.9 Å². The number of aromatic nitrogens is 4. The molecule has 2 aromatic carbocycles. The third-order valence-electron chi connectivity index (χ3n) is 3.90. The molecule has 0 radical (unpaired) electrons. The molecule has 0 saturated heterocycles. The van der Waals surface area contributed by atoms with Crippen molar-refractivity contribution in [1.29, 1.82) is 0 Å². The lowest BCUT2D eigenvalue weighted by Gasteiger charge is -2.25. The smallest absolute Gasteiger partial charge is 0.283 e. The molecule has 1 aliphatic rings. The minimum Gasteiger partial charge on any atom is -0.485 e. The van der Waals surface area contributed by atoms with Gasteiger partial charge in [0.15, 0.2) is 11.5 Å². The first-order chi connectivity index (χ1) is 13.7. The maximum absolute atomic E-state index is 12.2. The molecule has 28 heavy (non-hydrogen) atoms. The van der Waals surface area contributed by atoms with Crippen LogP contribution in [0.15, 0.2) is 54.6 Å². The summed E-state index contributed by atoms with van der Waals surface area (Å²) < 4.78 is 11.0.